The van der Waals surface area contributed by atoms with E-state index in [0.717, 1.165) is 0 Å². The summed E-state index contributed by atoms with van der Waals surface area (Å²) in [7, 11) is 0. The SMILES string of the molecule is CC(C)C1[NH2+]c2cnccc2C1C(C)C. The number of nitrogens with two attached hydrogens (primary N) is 1. The normalized spacial score (nSPS) is 24.9. The first-order valence-electron chi connectivity index (χ1n) is 5.90. The second kappa shape index (κ2) is 3.93. The first-order chi connectivity index (χ1) is 7.11. The molecule has 0 spiro atoms. The van der Waals surface area contributed by atoms with Gasteiger partial charge in [0.15, 0.2) is 5.69 Å². The molecule has 2 heterocycles. The first-order valence-corrected chi connectivity index (χ1v) is 5.90. The Bertz CT molecular complexity index is 344. The lowest BCUT2D eigenvalue weighted by Gasteiger charge is -2.23. The Kier molecular flexibility index (Phi) is 2.79. The summed E-state index contributed by atoms with van der Waals surface area (Å²) in [5.41, 5.74) is 2.86. The van der Waals surface area contributed by atoms with Crippen molar-refractivity contribution in [2.24, 2.45) is 11.8 Å². The molecule has 0 radical (unpaired) electrons. The average molecular weight is 205 g/mol. The summed E-state index contributed by atoms with van der Waals surface area (Å²) in [5.74, 6) is 2.10. The Balaban J connectivity index is 2.38. The molecule has 2 nitrogen and oxygen atoms in total. The van der Waals surface area contributed by atoms with Crippen LogP contribution in [-0.2, 0) is 0 Å². The standard InChI is InChI=1S/C13H20N2/c1-8(2)12-10-5-6-14-7-11(10)15-13(12)9(3)4/h5-9,12-13,15H,1-4H3/p+1. The van der Waals surface area contributed by atoms with Crippen LogP contribution in [0.3, 0.4) is 0 Å². The summed E-state index contributed by atoms with van der Waals surface area (Å²) in [6, 6.07) is 2.88. The van der Waals surface area contributed by atoms with E-state index in [9.17, 15) is 0 Å². The van der Waals surface area contributed by atoms with Gasteiger partial charge < -0.3 is 5.32 Å². The van der Waals surface area contributed by atoms with Crippen LogP contribution in [0, 0.1) is 11.8 Å². The minimum absolute atomic E-state index is 0.683. The van der Waals surface area contributed by atoms with Gasteiger partial charge >= 0.3 is 0 Å². The molecular formula is C13H21N2+. The molecular weight excluding hydrogens is 184 g/mol. The van der Waals surface area contributed by atoms with Crippen molar-refractivity contribution in [2.45, 2.75) is 39.7 Å². The number of hydrogen-bond acceptors (Lipinski definition) is 1. The predicted molar refractivity (Wildman–Crippen MR) is 62.0 cm³/mol. The molecule has 2 heteroatoms. The molecule has 0 aliphatic carbocycles. The Labute approximate surface area is 92.1 Å². The van der Waals surface area contributed by atoms with Crippen molar-refractivity contribution in [2.75, 3.05) is 0 Å². The van der Waals surface area contributed by atoms with E-state index in [1.165, 1.54) is 11.3 Å². The third-order valence-electron chi connectivity index (χ3n) is 3.52. The van der Waals surface area contributed by atoms with Crippen LogP contribution in [0.1, 0.15) is 39.2 Å². The van der Waals surface area contributed by atoms with Gasteiger partial charge in [-0.3, -0.25) is 4.98 Å². The highest BCUT2D eigenvalue weighted by Gasteiger charge is 2.40. The van der Waals surface area contributed by atoms with Crippen LogP contribution in [-0.4, -0.2) is 11.0 Å². The molecule has 2 N–H and O–H groups in total. The number of pyridine rings is 1. The predicted octanol–water partition coefficient (Wildman–Crippen LogP) is 2.05. The first kappa shape index (κ1) is 10.6. The Morgan fingerprint density at radius 2 is 1.93 bits per heavy atom. The van der Waals surface area contributed by atoms with E-state index in [-0.39, 0.29) is 0 Å². The quantitative estimate of drug-likeness (QED) is 0.786. The molecule has 15 heavy (non-hydrogen) atoms. The van der Waals surface area contributed by atoms with E-state index in [0.29, 0.717) is 23.8 Å². The fraction of sp³-hybridized carbons (Fsp3) is 0.615. The Morgan fingerprint density at radius 3 is 2.53 bits per heavy atom. The summed E-state index contributed by atoms with van der Waals surface area (Å²) in [6.07, 6.45) is 3.93. The highest BCUT2D eigenvalue weighted by atomic mass is 15.0. The van der Waals surface area contributed by atoms with Crippen molar-refractivity contribution in [3.63, 3.8) is 0 Å². The van der Waals surface area contributed by atoms with Crippen LogP contribution in [0.5, 0.6) is 0 Å². The highest BCUT2D eigenvalue weighted by molar-refractivity contribution is 5.42. The second-order valence-corrected chi connectivity index (χ2v) is 5.26. The molecule has 0 bridgehead atoms. The van der Waals surface area contributed by atoms with Crippen molar-refractivity contribution >= 4 is 5.69 Å². The lowest BCUT2D eigenvalue weighted by Crippen LogP contribution is -2.84. The van der Waals surface area contributed by atoms with Gasteiger partial charge in [-0.05, 0) is 12.0 Å². The van der Waals surface area contributed by atoms with Gasteiger partial charge in [0.2, 0.25) is 0 Å². The summed E-state index contributed by atoms with van der Waals surface area (Å²) >= 11 is 0. The lowest BCUT2D eigenvalue weighted by molar-refractivity contribution is -0.612. The number of nitrogens with zero attached hydrogens (tertiary/aromatic N) is 1. The van der Waals surface area contributed by atoms with E-state index in [1.54, 1.807) is 0 Å². The zero-order chi connectivity index (χ0) is 11.0. The molecule has 0 aromatic carbocycles. The zero-order valence-electron chi connectivity index (χ0n) is 10.1. The maximum atomic E-state index is 4.21. The fourth-order valence-corrected chi connectivity index (χ4v) is 2.79. The molecule has 0 fully saturated rings. The van der Waals surface area contributed by atoms with Crippen LogP contribution in [0.2, 0.25) is 0 Å². The molecule has 1 aliphatic heterocycles. The summed E-state index contributed by atoms with van der Waals surface area (Å²) < 4.78 is 0. The van der Waals surface area contributed by atoms with Gasteiger partial charge in [0, 0.05) is 23.6 Å². The van der Waals surface area contributed by atoms with E-state index >= 15 is 0 Å². The van der Waals surface area contributed by atoms with Crippen molar-refractivity contribution in [1.82, 2.24) is 4.98 Å². The van der Waals surface area contributed by atoms with Crippen molar-refractivity contribution in [1.29, 1.82) is 0 Å². The largest absolute Gasteiger partial charge is 0.309 e. The number of fused-ring (bicyclic) bond motifs is 1. The molecule has 0 saturated heterocycles. The van der Waals surface area contributed by atoms with Crippen LogP contribution in [0.15, 0.2) is 18.5 Å². The van der Waals surface area contributed by atoms with Crippen molar-refractivity contribution in [3.05, 3.63) is 24.0 Å². The van der Waals surface area contributed by atoms with E-state index in [2.05, 4.69) is 44.1 Å². The summed E-state index contributed by atoms with van der Waals surface area (Å²) in [6.45, 7) is 9.28. The number of aromatic nitrogens is 1. The molecule has 0 amide bonds. The number of quaternary nitrogens is 1. The maximum absolute atomic E-state index is 4.21. The smallest absolute Gasteiger partial charge is 0.152 e. The average Bonchev–Trinajstić information content (AvgIpc) is 2.56. The van der Waals surface area contributed by atoms with Crippen molar-refractivity contribution < 1.29 is 5.32 Å². The van der Waals surface area contributed by atoms with Crippen molar-refractivity contribution in [3.8, 4) is 0 Å². The molecule has 2 rings (SSSR count). The topological polar surface area (TPSA) is 29.5 Å². The molecule has 0 saturated carbocycles. The van der Waals surface area contributed by atoms with Gasteiger partial charge in [0.05, 0.1) is 6.20 Å². The lowest BCUT2D eigenvalue weighted by atomic mass is 9.81. The molecule has 82 valence electrons. The third kappa shape index (κ3) is 1.78. The van der Waals surface area contributed by atoms with Crippen LogP contribution < -0.4 is 5.32 Å². The second-order valence-electron chi connectivity index (χ2n) is 5.26. The fourth-order valence-electron chi connectivity index (χ4n) is 2.79. The minimum atomic E-state index is 0.683. The Morgan fingerprint density at radius 1 is 1.20 bits per heavy atom. The summed E-state index contributed by atoms with van der Waals surface area (Å²) in [5, 5.41) is 2.41. The molecule has 2 atom stereocenters. The molecule has 1 aliphatic rings. The van der Waals surface area contributed by atoms with E-state index in [1.807, 2.05) is 12.4 Å². The highest BCUT2D eigenvalue weighted by Crippen LogP contribution is 2.36. The Hall–Kier alpha value is -0.890. The van der Waals surface area contributed by atoms with E-state index < -0.39 is 0 Å². The van der Waals surface area contributed by atoms with Gasteiger partial charge in [-0.15, -0.1) is 0 Å². The monoisotopic (exact) mass is 205 g/mol. The van der Waals surface area contributed by atoms with Crippen LogP contribution in [0.4, 0.5) is 5.69 Å². The summed E-state index contributed by atoms with van der Waals surface area (Å²) in [4.78, 5) is 4.21. The van der Waals surface area contributed by atoms with Crippen LogP contribution in [0.25, 0.3) is 0 Å². The van der Waals surface area contributed by atoms with Crippen LogP contribution >= 0.6 is 0 Å². The van der Waals surface area contributed by atoms with Gasteiger partial charge in [-0.25, -0.2) is 0 Å². The van der Waals surface area contributed by atoms with Gasteiger partial charge in [-0.1, -0.05) is 27.7 Å². The molecule has 2 unspecified atom stereocenters. The number of rotatable bonds is 2. The van der Waals surface area contributed by atoms with Gasteiger partial charge in [-0.2, -0.15) is 0 Å². The van der Waals surface area contributed by atoms with Gasteiger partial charge in [0.25, 0.3) is 0 Å². The minimum Gasteiger partial charge on any atom is -0.309 e. The number of hydrogen-bond donors (Lipinski definition) is 1. The zero-order valence-corrected chi connectivity index (χ0v) is 10.1. The molecule has 1 aromatic rings. The maximum Gasteiger partial charge on any atom is 0.152 e. The van der Waals surface area contributed by atoms with E-state index in [4.69, 9.17) is 0 Å². The van der Waals surface area contributed by atoms with Gasteiger partial charge in [0.1, 0.15) is 6.04 Å². The molecule has 1 aromatic heterocycles. The third-order valence-corrected chi connectivity index (χ3v) is 3.52.